The van der Waals surface area contributed by atoms with Crippen molar-refractivity contribution < 1.29 is 27.2 Å². The molecule has 0 saturated heterocycles. The molecule has 0 spiro atoms. The number of ether oxygens (including phenoxy) is 1. The molecule has 0 atom stereocenters. The number of amides is 1. The van der Waals surface area contributed by atoms with Crippen LogP contribution in [0, 0.1) is 6.92 Å². The molecule has 3 aromatic rings. The number of aromatic nitrogens is 4. The van der Waals surface area contributed by atoms with Gasteiger partial charge in [-0.05, 0) is 30.7 Å². The molecule has 0 fully saturated rings. The van der Waals surface area contributed by atoms with Gasteiger partial charge >= 0.3 is 18.2 Å². The van der Waals surface area contributed by atoms with E-state index < -0.39 is 18.2 Å². The molecule has 146 valence electrons. The van der Waals surface area contributed by atoms with E-state index in [-0.39, 0.29) is 24.5 Å². The minimum Gasteiger partial charge on any atom is -0.445 e. The molecule has 3 heterocycles. The standard InChI is InChI=1S/C17H14F3N5O3/c1-10-4-5-21-6-12(10)9-27-16(26)23-8-13-3-2-11(7-22-13)14-24-15(28-25-14)17(18,19)20/h2-7H,8-9H2,1H3,(H,23,26). The molecule has 3 aromatic heterocycles. The van der Waals surface area contributed by atoms with Gasteiger partial charge in [0.1, 0.15) is 6.61 Å². The third-order valence-electron chi connectivity index (χ3n) is 3.67. The number of rotatable bonds is 5. The zero-order chi connectivity index (χ0) is 20.1. The van der Waals surface area contributed by atoms with Crippen molar-refractivity contribution in [3.05, 3.63) is 59.5 Å². The van der Waals surface area contributed by atoms with E-state index in [1.165, 1.54) is 18.3 Å². The Morgan fingerprint density at radius 1 is 1.25 bits per heavy atom. The maximum Gasteiger partial charge on any atom is 0.471 e. The number of carbonyl (C=O) groups excluding carboxylic acids is 1. The monoisotopic (exact) mass is 393 g/mol. The number of halogens is 3. The number of nitrogens with zero attached hydrogens (tertiary/aromatic N) is 4. The average Bonchev–Trinajstić information content (AvgIpc) is 3.17. The smallest absolute Gasteiger partial charge is 0.445 e. The first-order valence-electron chi connectivity index (χ1n) is 7.99. The minimum absolute atomic E-state index is 0.0746. The number of nitrogens with one attached hydrogen (secondary N) is 1. The van der Waals surface area contributed by atoms with Crippen molar-refractivity contribution in [3.8, 4) is 11.4 Å². The van der Waals surface area contributed by atoms with Gasteiger partial charge in [0.25, 0.3) is 0 Å². The molecule has 8 nitrogen and oxygen atoms in total. The highest BCUT2D eigenvalue weighted by molar-refractivity contribution is 5.67. The van der Waals surface area contributed by atoms with Gasteiger partial charge in [-0.25, -0.2) is 4.79 Å². The van der Waals surface area contributed by atoms with Gasteiger partial charge in [-0.15, -0.1) is 0 Å². The fourth-order valence-corrected chi connectivity index (χ4v) is 2.12. The van der Waals surface area contributed by atoms with Crippen LogP contribution in [0.3, 0.4) is 0 Å². The first-order chi connectivity index (χ1) is 13.3. The number of aryl methyl sites for hydroxylation is 1. The first kappa shape index (κ1) is 19.3. The van der Waals surface area contributed by atoms with E-state index in [1.54, 1.807) is 12.4 Å². The van der Waals surface area contributed by atoms with E-state index in [9.17, 15) is 18.0 Å². The zero-order valence-corrected chi connectivity index (χ0v) is 14.5. The Hall–Kier alpha value is -3.50. The second-order valence-electron chi connectivity index (χ2n) is 5.69. The maximum absolute atomic E-state index is 12.5. The molecule has 11 heteroatoms. The predicted molar refractivity (Wildman–Crippen MR) is 88.5 cm³/mol. The van der Waals surface area contributed by atoms with Crippen LogP contribution in [-0.4, -0.2) is 26.2 Å². The zero-order valence-electron chi connectivity index (χ0n) is 14.5. The Labute approximate surface area is 156 Å². The number of alkyl halides is 3. The fraction of sp³-hybridized carbons (Fsp3) is 0.235. The van der Waals surface area contributed by atoms with E-state index in [0.29, 0.717) is 5.69 Å². The lowest BCUT2D eigenvalue weighted by Gasteiger charge is -2.08. The van der Waals surface area contributed by atoms with Crippen LogP contribution in [0.5, 0.6) is 0 Å². The molecule has 28 heavy (non-hydrogen) atoms. The quantitative estimate of drug-likeness (QED) is 0.709. The highest BCUT2D eigenvalue weighted by Gasteiger charge is 2.38. The lowest BCUT2D eigenvalue weighted by Crippen LogP contribution is -2.24. The molecule has 1 N–H and O–H groups in total. The molecule has 0 saturated carbocycles. The summed E-state index contributed by atoms with van der Waals surface area (Å²) in [4.78, 5) is 23.1. The Balaban J connectivity index is 1.52. The van der Waals surface area contributed by atoms with Gasteiger partial charge in [0.05, 0.1) is 12.2 Å². The molecule has 0 bridgehead atoms. The number of hydrogen-bond donors (Lipinski definition) is 1. The number of carbonyl (C=O) groups is 1. The molecule has 0 unspecified atom stereocenters. The van der Waals surface area contributed by atoms with Crippen LogP contribution in [0.4, 0.5) is 18.0 Å². The van der Waals surface area contributed by atoms with Gasteiger partial charge in [0.15, 0.2) is 0 Å². The van der Waals surface area contributed by atoms with Crippen LogP contribution < -0.4 is 5.32 Å². The van der Waals surface area contributed by atoms with Crippen molar-refractivity contribution in [2.24, 2.45) is 0 Å². The van der Waals surface area contributed by atoms with E-state index >= 15 is 0 Å². The van der Waals surface area contributed by atoms with Crippen molar-refractivity contribution in [3.63, 3.8) is 0 Å². The molecular weight excluding hydrogens is 379 g/mol. The lowest BCUT2D eigenvalue weighted by molar-refractivity contribution is -0.159. The Bertz CT molecular complexity index is 957. The topological polar surface area (TPSA) is 103 Å². The summed E-state index contributed by atoms with van der Waals surface area (Å²) in [5, 5.41) is 5.81. The van der Waals surface area contributed by atoms with Crippen LogP contribution in [0.15, 0.2) is 41.3 Å². The predicted octanol–water partition coefficient (Wildman–Crippen LogP) is 3.28. The molecule has 1 amide bonds. The summed E-state index contributed by atoms with van der Waals surface area (Å²) in [6.45, 7) is 2.04. The Morgan fingerprint density at radius 2 is 2.07 bits per heavy atom. The summed E-state index contributed by atoms with van der Waals surface area (Å²) in [5.74, 6) is -1.66. The summed E-state index contributed by atoms with van der Waals surface area (Å²) in [7, 11) is 0. The molecule has 0 radical (unpaired) electrons. The molecule has 0 aliphatic heterocycles. The number of pyridine rings is 2. The molecule has 0 aliphatic rings. The van der Waals surface area contributed by atoms with Crippen molar-refractivity contribution in [2.75, 3.05) is 0 Å². The summed E-state index contributed by atoms with van der Waals surface area (Å²) in [6.07, 6.45) is -0.802. The molecule has 0 aromatic carbocycles. The lowest BCUT2D eigenvalue weighted by atomic mass is 10.2. The first-order valence-corrected chi connectivity index (χ1v) is 7.99. The summed E-state index contributed by atoms with van der Waals surface area (Å²) in [6, 6.07) is 4.80. The molecule has 0 aliphatic carbocycles. The average molecular weight is 393 g/mol. The number of alkyl carbamates (subject to hydrolysis) is 1. The molecular formula is C17H14F3N5O3. The highest BCUT2D eigenvalue weighted by Crippen LogP contribution is 2.29. The van der Waals surface area contributed by atoms with E-state index in [4.69, 9.17) is 4.74 Å². The third-order valence-corrected chi connectivity index (χ3v) is 3.67. The minimum atomic E-state index is -4.71. The van der Waals surface area contributed by atoms with E-state index in [0.717, 1.165) is 11.1 Å². The second-order valence-corrected chi connectivity index (χ2v) is 5.69. The normalized spacial score (nSPS) is 11.3. The maximum atomic E-state index is 12.5. The van der Waals surface area contributed by atoms with Gasteiger partial charge in [0, 0.05) is 29.7 Å². The van der Waals surface area contributed by atoms with E-state index in [1.807, 2.05) is 13.0 Å². The Morgan fingerprint density at radius 3 is 2.71 bits per heavy atom. The van der Waals surface area contributed by atoms with Gasteiger partial charge in [-0.3, -0.25) is 9.97 Å². The largest absolute Gasteiger partial charge is 0.471 e. The van der Waals surface area contributed by atoms with Crippen LogP contribution in [-0.2, 0) is 24.1 Å². The number of hydrogen-bond acceptors (Lipinski definition) is 7. The Kier molecular flexibility index (Phi) is 5.52. The van der Waals surface area contributed by atoms with E-state index in [2.05, 4.69) is 29.9 Å². The second kappa shape index (κ2) is 8.03. The van der Waals surface area contributed by atoms with Gasteiger partial charge < -0.3 is 14.6 Å². The van der Waals surface area contributed by atoms with Crippen molar-refractivity contribution in [1.82, 2.24) is 25.4 Å². The third kappa shape index (κ3) is 4.81. The van der Waals surface area contributed by atoms with Crippen molar-refractivity contribution >= 4 is 6.09 Å². The van der Waals surface area contributed by atoms with Gasteiger partial charge in [-0.2, -0.15) is 18.2 Å². The molecule has 3 rings (SSSR count). The van der Waals surface area contributed by atoms with Crippen LogP contribution in [0.2, 0.25) is 0 Å². The SMILES string of the molecule is Cc1ccncc1COC(=O)NCc1ccc(-c2noc(C(F)(F)F)n2)cn1. The van der Waals surface area contributed by atoms with Gasteiger partial charge in [0.2, 0.25) is 5.82 Å². The van der Waals surface area contributed by atoms with Crippen molar-refractivity contribution in [2.45, 2.75) is 26.3 Å². The van der Waals surface area contributed by atoms with Gasteiger partial charge in [-0.1, -0.05) is 5.16 Å². The summed E-state index contributed by atoms with van der Waals surface area (Å²) >= 11 is 0. The van der Waals surface area contributed by atoms with Crippen LogP contribution in [0.1, 0.15) is 22.7 Å². The fourth-order valence-electron chi connectivity index (χ4n) is 2.12. The van der Waals surface area contributed by atoms with Crippen LogP contribution in [0.25, 0.3) is 11.4 Å². The van der Waals surface area contributed by atoms with Crippen molar-refractivity contribution in [1.29, 1.82) is 0 Å². The highest BCUT2D eigenvalue weighted by atomic mass is 19.4. The van der Waals surface area contributed by atoms with Crippen LogP contribution >= 0.6 is 0 Å². The summed E-state index contributed by atoms with van der Waals surface area (Å²) < 4.78 is 46.7. The summed E-state index contributed by atoms with van der Waals surface area (Å²) in [5.41, 5.74) is 2.46.